The fourth-order valence-electron chi connectivity index (χ4n) is 2.68. The van der Waals surface area contributed by atoms with Crippen molar-refractivity contribution in [2.45, 2.75) is 64.0 Å². The summed E-state index contributed by atoms with van der Waals surface area (Å²) in [5.74, 6) is 0. The highest BCUT2D eigenvalue weighted by atomic mass is 16.3. The van der Waals surface area contributed by atoms with Crippen molar-refractivity contribution in [3.63, 3.8) is 0 Å². The van der Waals surface area contributed by atoms with Crippen LogP contribution in [0.3, 0.4) is 0 Å². The summed E-state index contributed by atoms with van der Waals surface area (Å²) in [6.45, 7) is 2.23. The number of benzene rings is 1. The van der Waals surface area contributed by atoms with Crippen LogP contribution in [0.2, 0.25) is 0 Å². The zero-order chi connectivity index (χ0) is 14.8. The van der Waals surface area contributed by atoms with Gasteiger partial charge in [-0.25, -0.2) is 0 Å². The lowest BCUT2D eigenvalue weighted by Crippen LogP contribution is -2.24. The average Bonchev–Trinajstić information content (AvgIpc) is 2.45. The van der Waals surface area contributed by atoms with Crippen LogP contribution in [0.15, 0.2) is 30.3 Å². The number of hydrogen-bond donors (Lipinski definition) is 1. The number of aliphatic hydroxyl groups excluding tert-OH is 1. The zero-order valence-electron chi connectivity index (χ0n) is 13.4. The number of nitrogens with zero attached hydrogens (tertiary/aromatic N) is 1. The first-order valence-corrected chi connectivity index (χ1v) is 8.04. The first kappa shape index (κ1) is 17.2. The first-order valence-electron chi connectivity index (χ1n) is 8.04. The molecule has 0 bridgehead atoms. The molecule has 0 saturated heterocycles. The minimum absolute atomic E-state index is 0.191. The van der Waals surface area contributed by atoms with E-state index in [-0.39, 0.29) is 6.10 Å². The van der Waals surface area contributed by atoms with Gasteiger partial charge in [0.05, 0.1) is 6.10 Å². The Bertz CT molecular complexity index is 337. The summed E-state index contributed by atoms with van der Waals surface area (Å²) in [4.78, 5) is 2.20. The molecule has 1 aromatic carbocycles. The minimum Gasteiger partial charge on any atom is -0.393 e. The summed E-state index contributed by atoms with van der Waals surface area (Å²) in [6, 6.07) is 10.8. The standard InChI is InChI=1S/C18H31NO/c1-4-5-6-7-11-14-17(20)15-18(19(2)3)16-12-9-8-10-13-16/h8-10,12-13,17-18,20H,4-7,11,14-15H2,1-3H3. The van der Waals surface area contributed by atoms with Crippen LogP contribution in [-0.2, 0) is 0 Å². The largest absolute Gasteiger partial charge is 0.393 e. The van der Waals surface area contributed by atoms with E-state index in [0.717, 1.165) is 19.3 Å². The van der Waals surface area contributed by atoms with Gasteiger partial charge in [-0.05, 0) is 32.5 Å². The summed E-state index contributed by atoms with van der Waals surface area (Å²) >= 11 is 0. The second-order valence-corrected chi connectivity index (χ2v) is 5.98. The lowest BCUT2D eigenvalue weighted by molar-refractivity contribution is 0.113. The molecular weight excluding hydrogens is 246 g/mol. The Morgan fingerprint density at radius 2 is 1.65 bits per heavy atom. The molecule has 1 N–H and O–H groups in total. The van der Waals surface area contributed by atoms with Crippen molar-refractivity contribution in [2.24, 2.45) is 0 Å². The molecule has 0 spiro atoms. The Labute approximate surface area is 124 Å². The van der Waals surface area contributed by atoms with Gasteiger partial charge in [0.2, 0.25) is 0 Å². The molecule has 0 aliphatic carbocycles. The van der Waals surface area contributed by atoms with Gasteiger partial charge in [0.15, 0.2) is 0 Å². The lowest BCUT2D eigenvalue weighted by atomic mass is 9.97. The van der Waals surface area contributed by atoms with E-state index in [4.69, 9.17) is 0 Å². The van der Waals surface area contributed by atoms with Gasteiger partial charge in [0, 0.05) is 6.04 Å². The summed E-state index contributed by atoms with van der Waals surface area (Å²) in [5.41, 5.74) is 1.29. The van der Waals surface area contributed by atoms with Gasteiger partial charge >= 0.3 is 0 Å². The average molecular weight is 277 g/mol. The molecule has 2 nitrogen and oxygen atoms in total. The molecule has 0 aliphatic rings. The van der Waals surface area contributed by atoms with Crippen LogP contribution in [-0.4, -0.2) is 30.2 Å². The third-order valence-corrected chi connectivity index (χ3v) is 3.94. The highest BCUT2D eigenvalue weighted by Gasteiger charge is 2.18. The predicted octanol–water partition coefficient (Wildman–Crippen LogP) is 4.40. The van der Waals surface area contributed by atoms with Gasteiger partial charge in [0.1, 0.15) is 0 Å². The Morgan fingerprint density at radius 1 is 1.00 bits per heavy atom. The molecule has 20 heavy (non-hydrogen) atoms. The van der Waals surface area contributed by atoms with E-state index in [9.17, 15) is 5.11 Å². The summed E-state index contributed by atoms with van der Waals surface area (Å²) in [5, 5.41) is 10.3. The van der Waals surface area contributed by atoms with Gasteiger partial charge in [-0.2, -0.15) is 0 Å². The first-order chi connectivity index (χ1) is 9.65. The molecule has 0 saturated carbocycles. The van der Waals surface area contributed by atoms with Crippen molar-refractivity contribution in [3.8, 4) is 0 Å². The van der Waals surface area contributed by atoms with Crippen molar-refractivity contribution in [2.75, 3.05) is 14.1 Å². The lowest BCUT2D eigenvalue weighted by Gasteiger charge is -2.27. The van der Waals surface area contributed by atoms with E-state index in [1.54, 1.807) is 0 Å². The fourth-order valence-corrected chi connectivity index (χ4v) is 2.68. The van der Waals surface area contributed by atoms with Crippen molar-refractivity contribution in [3.05, 3.63) is 35.9 Å². The van der Waals surface area contributed by atoms with E-state index in [1.165, 1.54) is 31.2 Å². The molecule has 0 aromatic heterocycles. The van der Waals surface area contributed by atoms with E-state index in [1.807, 2.05) is 6.07 Å². The number of aliphatic hydroxyl groups is 1. The smallest absolute Gasteiger partial charge is 0.0558 e. The van der Waals surface area contributed by atoms with Crippen LogP contribution >= 0.6 is 0 Å². The summed E-state index contributed by atoms with van der Waals surface area (Å²) in [6.07, 6.45) is 7.87. The predicted molar refractivity (Wildman–Crippen MR) is 86.9 cm³/mol. The molecule has 2 atom stereocenters. The molecule has 2 heteroatoms. The van der Waals surface area contributed by atoms with Gasteiger partial charge in [-0.15, -0.1) is 0 Å². The summed E-state index contributed by atoms with van der Waals surface area (Å²) < 4.78 is 0. The highest BCUT2D eigenvalue weighted by molar-refractivity contribution is 5.19. The third-order valence-electron chi connectivity index (χ3n) is 3.94. The molecule has 0 radical (unpaired) electrons. The second-order valence-electron chi connectivity index (χ2n) is 5.98. The maximum Gasteiger partial charge on any atom is 0.0558 e. The highest BCUT2D eigenvalue weighted by Crippen LogP contribution is 2.25. The monoisotopic (exact) mass is 277 g/mol. The molecule has 0 heterocycles. The third kappa shape index (κ3) is 6.53. The Morgan fingerprint density at radius 3 is 2.25 bits per heavy atom. The molecular formula is C18H31NO. The maximum absolute atomic E-state index is 10.3. The molecule has 2 unspecified atom stereocenters. The van der Waals surface area contributed by atoms with Crippen molar-refractivity contribution in [1.82, 2.24) is 4.90 Å². The number of hydrogen-bond acceptors (Lipinski definition) is 2. The fraction of sp³-hybridized carbons (Fsp3) is 0.667. The second kappa shape index (κ2) is 9.95. The van der Waals surface area contributed by atoms with E-state index < -0.39 is 0 Å². The topological polar surface area (TPSA) is 23.5 Å². The Hall–Kier alpha value is -0.860. The number of unbranched alkanes of at least 4 members (excludes halogenated alkanes) is 4. The van der Waals surface area contributed by atoms with Gasteiger partial charge in [0.25, 0.3) is 0 Å². The van der Waals surface area contributed by atoms with Crippen LogP contribution in [0.4, 0.5) is 0 Å². The molecule has 0 aliphatic heterocycles. The van der Waals surface area contributed by atoms with Crippen LogP contribution in [0.1, 0.15) is 63.5 Å². The normalized spacial score (nSPS) is 14.4. The molecule has 1 aromatic rings. The van der Waals surface area contributed by atoms with E-state index >= 15 is 0 Å². The Balaban J connectivity index is 2.38. The quantitative estimate of drug-likeness (QED) is 0.641. The van der Waals surface area contributed by atoms with Crippen molar-refractivity contribution < 1.29 is 5.11 Å². The number of rotatable bonds is 10. The minimum atomic E-state index is -0.191. The SMILES string of the molecule is CCCCCCCC(O)CC(c1ccccc1)N(C)C. The molecule has 1 rings (SSSR count). The summed E-state index contributed by atoms with van der Waals surface area (Å²) in [7, 11) is 4.18. The zero-order valence-corrected chi connectivity index (χ0v) is 13.4. The van der Waals surface area contributed by atoms with Gasteiger partial charge in [-0.3, -0.25) is 0 Å². The van der Waals surface area contributed by atoms with Gasteiger partial charge in [-0.1, -0.05) is 69.4 Å². The molecule has 0 amide bonds. The molecule has 114 valence electrons. The van der Waals surface area contributed by atoms with Gasteiger partial charge < -0.3 is 10.0 Å². The Kier molecular flexibility index (Phi) is 8.56. The van der Waals surface area contributed by atoms with E-state index in [2.05, 4.69) is 50.2 Å². The van der Waals surface area contributed by atoms with Crippen molar-refractivity contribution in [1.29, 1.82) is 0 Å². The van der Waals surface area contributed by atoms with Crippen LogP contribution < -0.4 is 0 Å². The van der Waals surface area contributed by atoms with E-state index in [0.29, 0.717) is 6.04 Å². The van der Waals surface area contributed by atoms with Crippen molar-refractivity contribution >= 4 is 0 Å². The van der Waals surface area contributed by atoms with Crippen LogP contribution in [0.25, 0.3) is 0 Å². The van der Waals surface area contributed by atoms with Crippen LogP contribution in [0.5, 0.6) is 0 Å². The maximum atomic E-state index is 10.3. The molecule has 0 fully saturated rings. The van der Waals surface area contributed by atoms with Crippen LogP contribution in [0, 0.1) is 0 Å².